The summed E-state index contributed by atoms with van der Waals surface area (Å²) in [5.41, 5.74) is 8.03. The highest BCUT2D eigenvalue weighted by molar-refractivity contribution is 7.89. The van der Waals surface area contributed by atoms with Gasteiger partial charge in [-0.15, -0.1) is 0 Å². The van der Waals surface area contributed by atoms with Crippen molar-refractivity contribution in [1.29, 1.82) is 0 Å². The number of benzene rings is 2. The molecule has 0 aliphatic heterocycles. The zero-order chi connectivity index (χ0) is 16.3. The van der Waals surface area contributed by atoms with Gasteiger partial charge in [0.25, 0.3) is 0 Å². The third-order valence-electron chi connectivity index (χ3n) is 3.43. The summed E-state index contributed by atoms with van der Waals surface area (Å²) in [6.07, 6.45) is 0. The van der Waals surface area contributed by atoms with Crippen LogP contribution in [0, 0.1) is 19.7 Å². The zero-order valence-electron chi connectivity index (χ0n) is 12.6. The van der Waals surface area contributed by atoms with Crippen LogP contribution in [0.5, 0.6) is 0 Å². The van der Waals surface area contributed by atoms with Crippen molar-refractivity contribution >= 4 is 10.0 Å². The molecule has 2 aromatic carbocycles. The minimum Gasteiger partial charge on any atom is -0.326 e. The highest BCUT2D eigenvalue weighted by Gasteiger charge is 2.17. The fourth-order valence-corrected chi connectivity index (χ4v) is 3.44. The average Bonchev–Trinajstić information content (AvgIpc) is 2.45. The van der Waals surface area contributed by atoms with E-state index in [4.69, 9.17) is 5.73 Å². The number of halogens is 1. The van der Waals surface area contributed by atoms with E-state index in [1.54, 1.807) is 37.3 Å². The number of aryl methyl sites for hydroxylation is 2. The number of nitrogens with one attached hydrogen (secondary N) is 1. The third-order valence-corrected chi connectivity index (χ3v) is 4.99. The largest absolute Gasteiger partial charge is 0.326 e. The van der Waals surface area contributed by atoms with Gasteiger partial charge in [-0.2, -0.15) is 0 Å². The molecule has 0 aliphatic carbocycles. The lowest BCUT2D eigenvalue weighted by molar-refractivity contribution is 0.573. The molecule has 0 unspecified atom stereocenters. The SMILES string of the molecule is Cc1ccc(S(=O)(=O)NCc2ccc(CN)cc2F)c(C)c1. The maximum absolute atomic E-state index is 13.9. The van der Waals surface area contributed by atoms with Crippen molar-refractivity contribution in [3.8, 4) is 0 Å². The molecule has 0 atom stereocenters. The molecule has 0 bridgehead atoms. The number of sulfonamides is 1. The molecule has 2 rings (SSSR count). The molecule has 0 saturated carbocycles. The second-order valence-corrected chi connectivity index (χ2v) is 6.96. The van der Waals surface area contributed by atoms with Crippen molar-refractivity contribution in [1.82, 2.24) is 4.72 Å². The molecule has 0 heterocycles. The molecule has 0 radical (unpaired) electrons. The van der Waals surface area contributed by atoms with E-state index in [0.717, 1.165) is 5.56 Å². The highest BCUT2D eigenvalue weighted by atomic mass is 32.2. The van der Waals surface area contributed by atoms with Crippen molar-refractivity contribution in [2.75, 3.05) is 0 Å². The first-order valence-corrected chi connectivity index (χ1v) is 8.36. The molecule has 6 heteroatoms. The molecular formula is C16H19FN2O2S. The monoisotopic (exact) mass is 322 g/mol. The predicted molar refractivity (Wildman–Crippen MR) is 84.2 cm³/mol. The summed E-state index contributed by atoms with van der Waals surface area (Å²) in [6.45, 7) is 3.77. The van der Waals surface area contributed by atoms with Crippen LogP contribution in [-0.2, 0) is 23.1 Å². The second kappa shape index (κ2) is 6.56. The zero-order valence-corrected chi connectivity index (χ0v) is 13.4. The summed E-state index contributed by atoms with van der Waals surface area (Å²) in [5.74, 6) is -0.466. The quantitative estimate of drug-likeness (QED) is 0.888. The molecule has 0 spiro atoms. The van der Waals surface area contributed by atoms with Gasteiger partial charge in [-0.05, 0) is 37.1 Å². The molecule has 2 aromatic rings. The molecule has 3 N–H and O–H groups in total. The molecule has 0 aromatic heterocycles. The lowest BCUT2D eigenvalue weighted by Gasteiger charge is -2.11. The number of nitrogens with two attached hydrogens (primary N) is 1. The molecule has 0 fully saturated rings. The number of hydrogen-bond acceptors (Lipinski definition) is 3. The van der Waals surface area contributed by atoms with Gasteiger partial charge in [0.15, 0.2) is 0 Å². The summed E-state index contributed by atoms with van der Waals surface area (Å²) in [6, 6.07) is 9.64. The minimum atomic E-state index is -3.68. The van der Waals surface area contributed by atoms with Gasteiger partial charge < -0.3 is 5.73 Å². The Morgan fingerprint density at radius 1 is 1.14 bits per heavy atom. The van der Waals surface area contributed by atoms with Gasteiger partial charge in [0.05, 0.1) is 4.90 Å². The van der Waals surface area contributed by atoms with Gasteiger partial charge in [-0.25, -0.2) is 17.5 Å². The van der Waals surface area contributed by atoms with Gasteiger partial charge in [-0.3, -0.25) is 0 Å². The van der Waals surface area contributed by atoms with E-state index < -0.39 is 15.8 Å². The summed E-state index contributed by atoms with van der Waals surface area (Å²) >= 11 is 0. The summed E-state index contributed by atoms with van der Waals surface area (Å²) in [7, 11) is -3.68. The Morgan fingerprint density at radius 2 is 1.86 bits per heavy atom. The van der Waals surface area contributed by atoms with Gasteiger partial charge in [-0.1, -0.05) is 29.8 Å². The van der Waals surface area contributed by atoms with E-state index in [2.05, 4.69) is 4.72 Å². The van der Waals surface area contributed by atoms with E-state index in [0.29, 0.717) is 11.1 Å². The first-order valence-electron chi connectivity index (χ1n) is 6.88. The molecule has 4 nitrogen and oxygen atoms in total. The van der Waals surface area contributed by atoms with Gasteiger partial charge in [0, 0.05) is 18.7 Å². The molecule has 0 aliphatic rings. The van der Waals surface area contributed by atoms with E-state index in [-0.39, 0.29) is 23.5 Å². The molecular weight excluding hydrogens is 303 g/mol. The molecule has 0 amide bonds. The van der Waals surface area contributed by atoms with Gasteiger partial charge in [0.1, 0.15) is 5.82 Å². The van der Waals surface area contributed by atoms with Crippen molar-refractivity contribution in [2.45, 2.75) is 31.8 Å². The van der Waals surface area contributed by atoms with Crippen LogP contribution in [0.15, 0.2) is 41.3 Å². The van der Waals surface area contributed by atoms with E-state index >= 15 is 0 Å². The van der Waals surface area contributed by atoms with Crippen LogP contribution < -0.4 is 10.5 Å². The van der Waals surface area contributed by atoms with E-state index in [9.17, 15) is 12.8 Å². The van der Waals surface area contributed by atoms with Crippen molar-refractivity contribution < 1.29 is 12.8 Å². The smallest absolute Gasteiger partial charge is 0.241 e. The lowest BCUT2D eigenvalue weighted by Crippen LogP contribution is -2.24. The van der Waals surface area contributed by atoms with Crippen LogP contribution >= 0.6 is 0 Å². The Balaban J connectivity index is 2.19. The Hall–Kier alpha value is -1.76. The molecule has 22 heavy (non-hydrogen) atoms. The van der Waals surface area contributed by atoms with Crippen molar-refractivity contribution in [3.05, 3.63) is 64.5 Å². The summed E-state index contributed by atoms with van der Waals surface area (Å²) < 4.78 is 40.9. The minimum absolute atomic E-state index is 0.105. The van der Waals surface area contributed by atoms with Crippen LogP contribution in [0.3, 0.4) is 0 Å². The fourth-order valence-electron chi connectivity index (χ4n) is 2.21. The normalized spacial score (nSPS) is 11.6. The number of rotatable bonds is 5. The van der Waals surface area contributed by atoms with Crippen LogP contribution in [0.4, 0.5) is 4.39 Å². The first kappa shape index (κ1) is 16.6. The van der Waals surface area contributed by atoms with Crippen molar-refractivity contribution in [3.63, 3.8) is 0 Å². The Bertz CT molecular complexity index is 789. The highest BCUT2D eigenvalue weighted by Crippen LogP contribution is 2.17. The first-order chi connectivity index (χ1) is 10.3. The van der Waals surface area contributed by atoms with Crippen LogP contribution in [0.1, 0.15) is 22.3 Å². The second-order valence-electron chi connectivity index (χ2n) is 5.22. The Kier molecular flexibility index (Phi) is 4.95. The van der Waals surface area contributed by atoms with E-state index in [1.807, 2.05) is 6.92 Å². The Labute approximate surface area is 130 Å². The molecule has 0 saturated heterocycles. The third kappa shape index (κ3) is 3.71. The topological polar surface area (TPSA) is 72.2 Å². The summed E-state index contributed by atoms with van der Waals surface area (Å²) in [5, 5.41) is 0. The fraction of sp³-hybridized carbons (Fsp3) is 0.250. The predicted octanol–water partition coefficient (Wildman–Crippen LogP) is 2.38. The van der Waals surface area contributed by atoms with E-state index in [1.165, 1.54) is 6.07 Å². The standard InChI is InChI=1S/C16H19FN2O2S/c1-11-3-6-16(12(2)7-11)22(20,21)19-10-14-5-4-13(9-18)8-15(14)17/h3-8,19H,9-10,18H2,1-2H3. The number of hydrogen-bond donors (Lipinski definition) is 2. The van der Waals surface area contributed by atoms with Crippen LogP contribution in [0.25, 0.3) is 0 Å². The molecule has 118 valence electrons. The maximum Gasteiger partial charge on any atom is 0.241 e. The van der Waals surface area contributed by atoms with Crippen LogP contribution in [0.2, 0.25) is 0 Å². The van der Waals surface area contributed by atoms with Crippen molar-refractivity contribution in [2.24, 2.45) is 5.73 Å². The Morgan fingerprint density at radius 3 is 2.45 bits per heavy atom. The average molecular weight is 322 g/mol. The maximum atomic E-state index is 13.9. The van der Waals surface area contributed by atoms with Gasteiger partial charge in [0.2, 0.25) is 10.0 Å². The van der Waals surface area contributed by atoms with Crippen LogP contribution in [-0.4, -0.2) is 8.42 Å². The summed E-state index contributed by atoms with van der Waals surface area (Å²) in [4.78, 5) is 0.206. The van der Waals surface area contributed by atoms with Gasteiger partial charge >= 0.3 is 0 Å². The lowest BCUT2D eigenvalue weighted by atomic mass is 10.1.